The molecule has 0 heterocycles. The summed E-state index contributed by atoms with van der Waals surface area (Å²) in [7, 11) is -1.27. The summed E-state index contributed by atoms with van der Waals surface area (Å²) >= 11 is 0. The lowest BCUT2D eigenvalue weighted by Gasteiger charge is -2.32. The number of rotatable bonds is 12. The Morgan fingerprint density at radius 3 is 1.95 bits per heavy atom. The van der Waals surface area contributed by atoms with Gasteiger partial charge in [0.15, 0.2) is 0 Å². The lowest BCUT2D eigenvalue weighted by molar-refractivity contribution is -0.139. The Kier molecular flexibility index (Phi) is 9.89. The molecule has 2 amide bonds. The number of carbonyl (C=O) groups is 2. The van der Waals surface area contributed by atoms with Crippen molar-refractivity contribution >= 4 is 27.5 Å². The third kappa shape index (κ3) is 7.26. The number of nitrogens with zero attached hydrogens (tertiary/aromatic N) is 2. The minimum atomic E-state index is -4.27. The molecule has 0 unspecified atom stereocenters. The van der Waals surface area contributed by atoms with Crippen LogP contribution in [-0.4, -0.2) is 58.5 Å². The summed E-state index contributed by atoms with van der Waals surface area (Å²) < 4.78 is 52.4. The molecule has 0 spiro atoms. The Morgan fingerprint density at radius 1 is 0.897 bits per heavy atom. The molecule has 0 aromatic heterocycles. The molecule has 9 nitrogen and oxygen atoms in total. The second-order valence-electron chi connectivity index (χ2n) is 8.60. The molecular formula is C28H32FN3O6S. The fourth-order valence-electron chi connectivity index (χ4n) is 3.84. The molecule has 0 radical (unpaired) electrons. The van der Waals surface area contributed by atoms with E-state index >= 15 is 0 Å². The third-order valence-electron chi connectivity index (χ3n) is 6.07. The SMILES string of the molecule is CCNC(=O)[C@@H](C)N(Cc1ccc(OC)cc1)C(=O)CN(c1ccc(F)cc1)S(=O)(=O)c1ccc(OC)cc1. The summed E-state index contributed by atoms with van der Waals surface area (Å²) in [6.45, 7) is 3.12. The maximum Gasteiger partial charge on any atom is 0.264 e. The fraction of sp³-hybridized carbons (Fsp3) is 0.286. The highest BCUT2D eigenvalue weighted by Gasteiger charge is 2.32. The summed E-state index contributed by atoms with van der Waals surface area (Å²) in [5.74, 6) is -0.476. The quantitative estimate of drug-likeness (QED) is 0.365. The van der Waals surface area contributed by atoms with Crippen LogP contribution < -0.4 is 19.1 Å². The summed E-state index contributed by atoms with van der Waals surface area (Å²) in [5, 5.41) is 2.70. The van der Waals surface area contributed by atoms with Crippen LogP contribution >= 0.6 is 0 Å². The van der Waals surface area contributed by atoms with Crippen molar-refractivity contribution in [2.45, 2.75) is 31.3 Å². The van der Waals surface area contributed by atoms with E-state index < -0.39 is 34.3 Å². The average molecular weight is 558 g/mol. The first-order valence-electron chi connectivity index (χ1n) is 12.2. The van der Waals surface area contributed by atoms with Gasteiger partial charge in [-0.05, 0) is 80.1 Å². The molecule has 1 N–H and O–H groups in total. The van der Waals surface area contributed by atoms with E-state index in [9.17, 15) is 22.4 Å². The van der Waals surface area contributed by atoms with Crippen molar-refractivity contribution in [3.8, 4) is 11.5 Å². The Balaban J connectivity index is 2.01. The normalized spacial score (nSPS) is 11.8. The first-order valence-corrected chi connectivity index (χ1v) is 13.7. The topological polar surface area (TPSA) is 105 Å². The molecule has 1 atom stereocenters. The zero-order chi connectivity index (χ0) is 28.6. The van der Waals surface area contributed by atoms with Crippen LogP contribution in [0.3, 0.4) is 0 Å². The van der Waals surface area contributed by atoms with Crippen LogP contribution in [-0.2, 0) is 26.2 Å². The summed E-state index contributed by atoms with van der Waals surface area (Å²) in [5.41, 5.74) is 0.808. The van der Waals surface area contributed by atoms with E-state index in [1.165, 1.54) is 55.5 Å². The van der Waals surface area contributed by atoms with Gasteiger partial charge in [-0.2, -0.15) is 0 Å². The molecule has 0 bridgehead atoms. The molecule has 3 rings (SSSR count). The Hall–Kier alpha value is -4.12. The van der Waals surface area contributed by atoms with E-state index in [4.69, 9.17) is 9.47 Å². The molecule has 0 saturated heterocycles. The standard InChI is InChI=1S/C28H32FN3O6S/c1-5-30-28(34)20(2)31(18-21-6-12-24(37-3)13-7-21)27(33)19-32(23-10-8-22(29)9-11-23)39(35,36)26-16-14-25(38-4)15-17-26/h6-17,20H,5,18-19H2,1-4H3,(H,30,34)/t20-/m1/s1. The van der Waals surface area contributed by atoms with Crippen LogP contribution in [0.4, 0.5) is 10.1 Å². The molecule has 39 heavy (non-hydrogen) atoms. The van der Waals surface area contributed by atoms with Crippen molar-refractivity contribution in [2.75, 3.05) is 31.6 Å². The van der Waals surface area contributed by atoms with Gasteiger partial charge in [-0.15, -0.1) is 0 Å². The monoisotopic (exact) mass is 557 g/mol. The third-order valence-corrected chi connectivity index (χ3v) is 7.86. The molecule has 11 heteroatoms. The molecule has 3 aromatic rings. The minimum Gasteiger partial charge on any atom is -0.497 e. The van der Waals surface area contributed by atoms with E-state index in [-0.39, 0.29) is 23.0 Å². The van der Waals surface area contributed by atoms with Gasteiger partial charge in [0, 0.05) is 13.1 Å². The molecule has 208 valence electrons. The molecule has 0 aliphatic rings. The Labute approximate surface area is 228 Å². The minimum absolute atomic E-state index is 0.0426. The number of sulfonamides is 1. The van der Waals surface area contributed by atoms with Gasteiger partial charge in [-0.3, -0.25) is 13.9 Å². The van der Waals surface area contributed by atoms with Gasteiger partial charge in [0.25, 0.3) is 10.0 Å². The number of benzene rings is 3. The second kappa shape index (κ2) is 13.1. The summed E-state index contributed by atoms with van der Waals surface area (Å²) in [4.78, 5) is 27.7. The van der Waals surface area contributed by atoms with Crippen molar-refractivity contribution < 1.29 is 31.9 Å². The van der Waals surface area contributed by atoms with Crippen molar-refractivity contribution in [3.63, 3.8) is 0 Å². The van der Waals surface area contributed by atoms with Crippen LogP contribution in [0.5, 0.6) is 11.5 Å². The zero-order valence-electron chi connectivity index (χ0n) is 22.3. The van der Waals surface area contributed by atoms with Crippen molar-refractivity contribution in [2.24, 2.45) is 0 Å². The van der Waals surface area contributed by atoms with Crippen molar-refractivity contribution in [1.29, 1.82) is 0 Å². The second-order valence-corrected chi connectivity index (χ2v) is 10.5. The number of nitrogens with one attached hydrogen (secondary N) is 1. The number of amides is 2. The van der Waals surface area contributed by atoms with E-state index in [0.29, 0.717) is 23.6 Å². The lowest BCUT2D eigenvalue weighted by atomic mass is 10.1. The zero-order valence-corrected chi connectivity index (χ0v) is 23.1. The van der Waals surface area contributed by atoms with Crippen LogP contribution in [0.15, 0.2) is 77.7 Å². The maximum absolute atomic E-state index is 13.8. The van der Waals surface area contributed by atoms with E-state index in [0.717, 1.165) is 16.4 Å². The largest absolute Gasteiger partial charge is 0.497 e. The molecule has 0 saturated carbocycles. The van der Waals surface area contributed by atoms with Gasteiger partial charge in [0.2, 0.25) is 11.8 Å². The predicted octanol–water partition coefficient (Wildman–Crippen LogP) is 3.59. The molecule has 0 aliphatic heterocycles. The van der Waals surface area contributed by atoms with Crippen molar-refractivity contribution in [1.82, 2.24) is 10.2 Å². The fourth-order valence-corrected chi connectivity index (χ4v) is 5.26. The van der Waals surface area contributed by atoms with Gasteiger partial charge in [0.05, 0.1) is 24.8 Å². The van der Waals surface area contributed by atoms with E-state index in [2.05, 4.69) is 5.32 Å². The number of methoxy groups -OCH3 is 2. The predicted molar refractivity (Wildman–Crippen MR) is 146 cm³/mol. The van der Waals surface area contributed by atoms with Crippen molar-refractivity contribution in [3.05, 3.63) is 84.2 Å². The molecule has 0 aliphatic carbocycles. The molecular weight excluding hydrogens is 525 g/mol. The number of hydrogen-bond acceptors (Lipinski definition) is 6. The number of ether oxygens (including phenoxy) is 2. The van der Waals surface area contributed by atoms with Gasteiger partial charge in [-0.1, -0.05) is 12.1 Å². The smallest absolute Gasteiger partial charge is 0.264 e. The highest BCUT2D eigenvalue weighted by Crippen LogP contribution is 2.26. The highest BCUT2D eigenvalue weighted by molar-refractivity contribution is 7.92. The Morgan fingerprint density at radius 2 is 1.44 bits per heavy atom. The van der Waals surface area contributed by atoms with E-state index in [1.807, 2.05) is 0 Å². The average Bonchev–Trinajstić information content (AvgIpc) is 2.95. The van der Waals surface area contributed by atoms with Gasteiger partial charge < -0.3 is 19.7 Å². The lowest BCUT2D eigenvalue weighted by Crippen LogP contribution is -2.51. The number of carbonyl (C=O) groups excluding carboxylic acids is 2. The van der Waals surface area contributed by atoms with Gasteiger partial charge in [0.1, 0.15) is 29.9 Å². The maximum atomic E-state index is 13.8. The number of likely N-dealkylation sites (N-methyl/N-ethyl adjacent to an activating group) is 1. The first kappa shape index (κ1) is 29.4. The number of hydrogen-bond donors (Lipinski definition) is 1. The van der Waals surface area contributed by atoms with Gasteiger partial charge >= 0.3 is 0 Å². The van der Waals surface area contributed by atoms with Crippen LogP contribution in [0.1, 0.15) is 19.4 Å². The first-order chi connectivity index (χ1) is 18.6. The summed E-state index contributed by atoms with van der Waals surface area (Å²) in [6, 6.07) is 16.6. The summed E-state index contributed by atoms with van der Waals surface area (Å²) in [6.07, 6.45) is 0. The molecule has 3 aromatic carbocycles. The molecule has 0 fully saturated rings. The van der Waals surface area contributed by atoms with Crippen LogP contribution in [0.25, 0.3) is 0 Å². The number of halogens is 1. The van der Waals surface area contributed by atoms with Crippen LogP contribution in [0.2, 0.25) is 0 Å². The van der Waals surface area contributed by atoms with Crippen LogP contribution in [0, 0.1) is 5.82 Å². The Bertz CT molecular complexity index is 1360. The number of anilines is 1. The van der Waals surface area contributed by atoms with E-state index in [1.54, 1.807) is 38.1 Å². The highest BCUT2D eigenvalue weighted by atomic mass is 32.2. The van der Waals surface area contributed by atoms with Gasteiger partial charge in [-0.25, -0.2) is 12.8 Å².